The molecule has 2 aromatic carbocycles. The van der Waals surface area contributed by atoms with E-state index in [-0.39, 0.29) is 11.9 Å². The second-order valence-corrected chi connectivity index (χ2v) is 9.70. The molecule has 2 radical (unpaired) electrons. The highest BCUT2D eigenvalue weighted by atomic mass is 35.5. The van der Waals surface area contributed by atoms with Crippen LogP contribution < -0.4 is 10.8 Å². The molecule has 0 aliphatic carbocycles. The second kappa shape index (κ2) is 10.1. The zero-order valence-electron chi connectivity index (χ0n) is 18.5. The van der Waals surface area contributed by atoms with Gasteiger partial charge in [-0.25, -0.2) is 4.98 Å². The number of hydrogen-bond acceptors (Lipinski definition) is 5. The van der Waals surface area contributed by atoms with Crippen molar-refractivity contribution >= 4 is 54.0 Å². The topological polar surface area (TPSA) is 62.5 Å². The van der Waals surface area contributed by atoms with Crippen LogP contribution in [-0.4, -0.2) is 58.1 Å². The van der Waals surface area contributed by atoms with E-state index < -0.39 is 0 Å². The van der Waals surface area contributed by atoms with E-state index in [0.717, 1.165) is 47.9 Å². The lowest BCUT2D eigenvalue weighted by Crippen LogP contribution is -2.43. The van der Waals surface area contributed by atoms with E-state index in [1.165, 1.54) is 0 Å². The van der Waals surface area contributed by atoms with E-state index in [9.17, 15) is 4.79 Å². The number of piperidine rings is 1. The van der Waals surface area contributed by atoms with Gasteiger partial charge in [0.25, 0.3) is 0 Å². The van der Waals surface area contributed by atoms with E-state index >= 15 is 0 Å². The second-order valence-electron chi connectivity index (χ2n) is 8.24. The molecular formula is C25H23BClN5OS. The molecule has 170 valence electrons. The number of benzene rings is 2. The number of anilines is 1. The Balaban J connectivity index is 1.27. The van der Waals surface area contributed by atoms with Gasteiger partial charge in [0, 0.05) is 46.9 Å². The smallest absolute Gasteiger partial charge is 0.232 e. The number of aromatic nitrogens is 3. The van der Waals surface area contributed by atoms with Crippen molar-refractivity contribution < 1.29 is 4.79 Å². The molecule has 0 unspecified atom stereocenters. The van der Waals surface area contributed by atoms with Gasteiger partial charge in [0.1, 0.15) is 13.7 Å². The van der Waals surface area contributed by atoms with Crippen LogP contribution in [0.2, 0.25) is 5.02 Å². The molecular weight excluding hydrogens is 465 g/mol. The fourth-order valence-electron chi connectivity index (χ4n) is 4.13. The lowest BCUT2D eigenvalue weighted by molar-refractivity contribution is -0.129. The Bertz CT molecular complexity index is 1310. The fraction of sp³-hybridized carbons (Fsp3) is 0.240. The highest BCUT2D eigenvalue weighted by molar-refractivity contribution is 8.00. The first-order valence-electron chi connectivity index (χ1n) is 11.2. The Hall–Kier alpha value is -2.97. The number of thioether (sulfide) groups is 1. The van der Waals surface area contributed by atoms with Crippen molar-refractivity contribution in [3.8, 4) is 11.3 Å². The Morgan fingerprint density at radius 3 is 2.62 bits per heavy atom. The van der Waals surface area contributed by atoms with Gasteiger partial charge in [-0.3, -0.25) is 4.79 Å². The van der Waals surface area contributed by atoms with Gasteiger partial charge >= 0.3 is 0 Å². The Morgan fingerprint density at radius 2 is 1.85 bits per heavy atom. The molecule has 1 fully saturated rings. The molecule has 0 saturated carbocycles. The summed E-state index contributed by atoms with van der Waals surface area (Å²) in [7, 11) is 6.13. The molecule has 4 aromatic rings. The van der Waals surface area contributed by atoms with Crippen molar-refractivity contribution in [3.05, 3.63) is 71.9 Å². The van der Waals surface area contributed by atoms with Crippen LogP contribution in [0.3, 0.4) is 0 Å². The average Bonchev–Trinajstić information content (AvgIpc) is 3.25. The van der Waals surface area contributed by atoms with Crippen molar-refractivity contribution in [2.45, 2.75) is 23.8 Å². The first-order valence-corrected chi connectivity index (χ1v) is 12.6. The maximum Gasteiger partial charge on any atom is 0.232 e. The first-order chi connectivity index (χ1) is 16.6. The number of amides is 1. The van der Waals surface area contributed by atoms with Gasteiger partial charge in [-0.1, -0.05) is 48.0 Å². The van der Waals surface area contributed by atoms with Crippen LogP contribution in [0.1, 0.15) is 12.8 Å². The number of carbonyl (C=O) groups excluding carboxylic acids is 1. The average molecular weight is 488 g/mol. The molecule has 0 spiro atoms. The van der Waals surface area contributed by atoms with Crippen LogP contribution in [0, 0.1) is 0 Å². The molecule has 0 atom stereocenters. The third-order valence-corrected chi connectivity index (χ3v) is 7.28. The fourth-order valence-corrected chi connectivity index (χ4v) is 5.18. The van der Waals surface area contributed by atoms with Crippen LogP contribution in [0.25, 0.3) is 16.9 Å². The van der Waals surface area contributed by atoms with Gasteiger partial charge in [-0.2, -0.15) is 9.61 Å². The zero-order valence-corrected chi connectivity index (χ0v) is 20.1. The summed E-state index contributed by atoms with van der Waals surface area (Å²) in [5.74, 6) is 1.45. The Kier molecular flexibility index (Phi) is 6.78. The minimum atomic E-state index is 0.180. The molecule has 9 heteroatoms. The quantitative estimate of drug-likeness (QED) is 0.328. The summed E-state index contributed by atoms with van der Waals surface area (Å²) in [6.07, 6.45) is 3.31. The number of fused-ring (bicyclic) bond motifs is 1. The molecule has 6 nitrogen and oxygen atoms in total. The van der Waals surface area contributed by atoms with Crippen molar-refractivity contribution in [3.63, 3.8) is 0 Å². The van der Waals surface area contributed by atoms with Crippen LogP contribution >= 0.6 is 23.4 Å². The number of nitrogens with zero attached hydrogens (tertiary/aromatic N) is 4. The molecule has 0 bridgehead atoms. The van der Waals surface area contributed by atoms with Crippen LogP contribution in [0.5, 0.6) is 0 Å². The number of rotatable bonds is 6. The predicted octanol–water partition coefficient (Wildman–Crippen LogP) is 4.04. The van der Waals surface area contributed by atoms with Gasteiger partial charge in [0.2, 0.25) is 5.91 Å². The van der Waals surface area contributed by atoms with Crippen molar-refractivity contribution in [1.29, 1.82) is 0 Å². The van der Waals surface area contributed by atoms with E-state index in [4.69, 9.17) is 24.4 Å². The molecule has 1 aliphatic heterocycles. The summed E-state index contributed by atoms with van der Waals surface area (Å²) >= 11 is 8.01. The van der Waals surface area contributed by atoms with Gasteiger partial charge < -0.3 is 10.2 Å². The monoisotopic (exact) mass is 487 g/mol. The van der Waals surface area contributed by atoms with Crippen molar-refractivity contribution in [1.82, 2.24) is 19.5 Å². The summed E-state index contributed by atoms with van der Waals surface area (Å²) in [4.78, 5) is 20.4. The van der Waals surface area contributed by atoms with Crippen molar-refractivity contribution in [2.24, 2.45) is 0 Å². The number of carbonyl (C=O) groups is 1. The molecule has 34 heavy (non-hydrogen) atoms. The summed E-state index contributed by atoms with van der Waals surface area (Å²) in [5, 5.41) is 8.63. The highest BCUT2D eigenvalue weighted by Gasteiger charge is 2.24. The zero-order chi connectivity index (χ0) is 23.5. The minimum absolute atomic E-state index is 0.180. The van der Waals surface area contributed by atoms with Gasteiger partial charge in [0.15, 0.2) is 5.65 Å². The number of nitrogens with one attached hydrogen (secondary N) is 1. The number of hydrogen-bond donors (Lipinski definition) is 1. The van der Waals surface area contributed by atoms with Crippen LogP contribution in [-0.2, 0) is 4.79 Å². The molecule has 1 amide bonds. The van der Waals surface area contributed by atoms with Crippen LogP contribution in [0.15, 0.2) is 71.8 Å². The number of halogens is 1. The highest BCUT2D eigenvalue weighted by Crippen LogP contribution is 2.29. The predicted molar refractivity (Wildman–Crippen MR) is 139 cm³/mol. The molecule has 1 aliphatic rings. The van der Waals surface area contributed by atoms with E-state index in [0.29, 0.717) is 21.9 Å². The minimum Gasteiger partial charge on any atom is -0.367 e. The summed E-state index contributed by atoms with van der Waals surface area (Å²) in [6.45, 7) is 1.44. The first kappa shape index (κ1) is 22.8. The molecule has 5 rings (SSSR count). The molecule has 1 N–H and O–H groups in total. The molecule has 2 aromatic heterocycles. The summed E-state index contributed by atoms with van der Waals surface area (Å²) in [5.41, 5.74) is 2.67. The summed E-state index contributed by atoms with van der Waals surface area (Å²) in [6, 6.07) is 19.8. The Morgan fingerprint density at radius 1 is 1.12 bits per heavy atom. The molecule has 1 saturated heterocycles. The molecule has 3 heterocycles. The van der Waals surface area contributed by atoms with Gasteiger partial charge in [-0.05, 0) is 36.5 Å². The normalized spacial score (nSPS) is 14.4. The lowest BCUT2D eigenvalue weighted by Gasteiger charge is -2.33. The lowest BCUT2D eigenvalue weighted by atomic mass is 10.0. The Labute approximate surface area is 209 Å². The van der Waals surface area contributed by atoms with Crippen molar-refractivity contribution in [2.75, 3.05) is 24.2 Å². The third-order valence-electron chi connectivity index (χ3n) is 5.95. The van der Waals surface area contributed by atoms with E-state index in [2.05, 4.69) is 10.4 Å². The largest absolute Gasteiger partial charge is 0.367 e. The standard InChI is InChI=1S/C25H23BClN5OS/c26-20-15-28-32-23(14-22(30-25(20)32)19-8-4-5-9-21(19)27)29-17-10-12-31(13-11-17)24(33)16-34-18-6-2-1-3-7-18/h1-9,14-15,17,29H,10-13,16H2. The maximum atomic E-state index is 12.7. The third kappa shape index (κ3) is 4.93. The van der Waals surface area contributed by atoms with E-state index in [1.807, 2.05) is 65.6 Å². The number of likely N-dealkylation sites (tertiary alicyclic amines) is 1. The maximum absolute atomic E-state index is 12.7. The SMILES string of the molecule is [B]c1cnn2c(NC3CCN(C(=O)CSc4ccccc4)CC3)cc(-c3ccccc3Cl)nc12. The van der Waals surface area contributed by atoms with Gasteiger partial charge in [-0.15, -0.1) is 11.8 Å². The summed E-state index contributed by atoms with van der Waals surface area (Å²) < 4.78 is 1.73. The van der Waals surface area contributed by atoms with Gasteiger partial charge in [0.05, 0.1) is 11.4 Å². The van der Waals surface area contributed by atoms with Crippen LogP contribution in [0.4, 0.5) is 5.82 Å². The van der Waals surface area contributed by atoms with E-state index in [1.54, 1.807) is 22.5 Å².